The van der Waals surface area contributed by atoms with Gasteiger partial charge >= 0.3 is 5.97 Å². The maximum absolute atomic E-state index is 13.7. The van der Waals surface area contributed by atoms with E-state index in [1.54, 1.807) is 0 Å². The zero-order valence-electron chi connectivity index (χ0n) is 11.5. The van der Waals surface area contributed by atoms with Crippen molar-refractivity contribution >= 4 is 5.97 Å². The van der Waals surface area contributed by atoms with Gasteiger partial charge in [-0.05, 0) is 35.8 Å². The molecule has 1 N–H and O–H groups in total. The van der Waals surface area contributed by atoms with E-state index >= 15 is 0 Å². The zero-order chi connectivity index (χ0) is 14.2. The Bertz CT molecular complexity index is 508. The Kier molecular flexibility index (Phi) is 3.52. The zero-order valence-corrected chi connectivity index (χ0v) is 11.5. The average molecular weight is 266 g/mol. The van der Waals surface area contributed by atoms with E-state index < -0.39 is 11.8 Å². The number of phenolic OH excluding ortho intramolecular Hbond substituents is 1. The van der Waals surface area contributed by atoms with Crippen molar-refractivity contribution in [3.63, 3.8) is 0 Å². The van der Waals surface area contributed by atoms with Crippen molar-refractivity contribution in [2.24, 2.45) is 5.41 Å². The van der Waals surface area contributed by atoms with E-state index in [0.29, 0.717) is 5.56 Å². The normalized spacial score (nSPS) is 21.4. The van der Waals surface area contributed by atoms with Gasteiger partial charge in [-0.2, -0.15) is 0 Å². The molecule has 0 aliphatic heterocycles. The maximum Gasteiger partial charge on any atom is 0.340 e. The van der Waals surface area contributed by atoms with Gasteiger partial charge in [-0.25, -0.2) is 9.18 Å². The van der Waals surface area contributed by atoms with Crippen molar-refractivity contribution in [3.05, 3.63) is 29.1 Å². The van der Waals surface area contributed by atoms with Crippen LogP contribution in [-0.4, -0.2) is 18.2 Å². The first-order valence-electron chi connectivity index (χ1n) is 6.47. The minimum Gasteiger partial charge on any atom is -0.508 e. The molecule has 0 heterocycles. The lowest BCUT2D eigenvalue weighted by molar-refractivity contribution is 0.0595. The Labute approximate surface area is 112 Å². The predicted octanol–water partition coefficient (Wildman–Crippen LogP) is 3.61. The molecular weight excluding hydrogens is 247 g/mol. The fourth-order valence-corrected chi connectivity index (χ4v) is 3.03. The van der Waals surface area contributed by atoms with Gasteiger partial charge in [-0.1, -0.05) is 20.3 Å². The molecule has 19 heavy (non-hydrogen) atoms. The second-order valence-electron chi connectivity index (χ2n) is 5.82. The number of rotatable bonds is 2. The standard InChI is InChI=1S/C15H19FO3/c1-15(2)6-4-5-11(15)9-7-10(14(18)19-3)12(16)8-13(9)17/h7-8,11,17H,4-6H2,1-3H3. The first-order valence-corrected chi connectivity index (χ1v) is 6.47. The number of esters is 1. The number of hydrogen-bond donors (Lipinski definition) is 1. The Hall–Kier alpha value is -1.58. The van der Waals surface area contributed by atoms with E-state index in [1.165, 1.54) is 13.2 Å². The van der Waals surface area contributed by atoms with E-state index in [1.807, 2.05) is 0 Å². The molecule has 3 nitrogen and oxygen atoms in total. The lowest BCUT2D eigenvalue weighted by atomic mass is 9.77. The third-order valence-electron chi connectivity index (χ3n) is 4.15. The molecule has 0 aromatic heterocycles. The van der Waals surface area contributed by atoms with Crippen molar-refractivity contribution < 1.29 is 19.0 Å². The third kappa shape index (κ3) is 2.44. The number of hydrogen-bond acceptors (Lipinski definition) is 3. The van der Waals surface area contributed by atoms with Gasteiger partial charge in [0.25, 0.3) is 0 Å². The molecule has 104 valence electrons. The summed E-state index contributed by atoms with van der Waals surface area (Å²) in [6, 6.07) is 2.45. The van der Waals surface area contributed by atoms with E-state index in [9.17, 15) is 14.3 Å². The summed E-state index contributed by atoms with van der Waals surface area (Å²) in [6.07, 6.45) is 3.07. The molecule has 0 bridgehead atoms. The Morgan fingerprint density at radius 3 is 2.68 bits per heavy atom. The Morgan fingerprint density at radius 1 is 1.47 bits per heavy atom. The number of carbonyl (C=O) groups excluding carboxylic acids is 1. The van der Waals surface area contributed by atoms with Crippen LogP contribution in [0.5, 0.6) is 5.75 Å². The smallest absolute Gasteiger partial charge is 0.340 e. The second kappa shape index (κ2) is 4.83. The lowest BCUT2D eigenvalue weighted by Crippen LogP contribution is -2.16. The van der Waals surface area contributed by atoms with Gasteiger partial charge < -0.3 is 9.84 Å². The van der Waals surface area contributed by atoms with E-state index in [2.05, 4.69) is 18.6 Å². The first-order chi connectivity index (χ1) is 8.86. The Morgan fingerprint density at radius 2 is 2.16 bits per heavy atom. The van der Waals surface area contributed by atoms with Gasteiger partial charge in [0.05, 0.1) is 12.7 Å². The predicted molar refractivity (Wildman–Crippen MR) is 69.8 cm³/mol. The van der Waals surface area contributed by atoms with Gasteiger partial charge in [-0.15, -0.1) is 0 Å². The van der Waals surface area contributed by atoms with Gasteiger partial charge in [0, 0.05) is 6.07 Å². The molecule has 1 aromatic carbocycles. The summed E-state index contributed by atoms with van der Waals surface area (Å²) in [4.78, 5) is 11.5. The molecule has 0 saturated heterocycles. The van der Waals surface area contributed by atoms with Crippen LogP contribution in [0.2, 0.25) is 0 Å². The van der Waals surface area contributed by atoms with Gasteiger partial charge in [-0.3, -0.25) is 0 Å². The fourth-order valence-electron chi connectivity index (χ4n) is 3.03. The summed E-state index contributed by atoms with van der Waals surface area (Å²) >= 11 is 0. The summed E-state index contributed by atoms with van der Waals surface area (Å²) in [6.45, 7) is 4.26. The molecule has 1 atom stereocenters. The molecule has 1 aliphatic carbocycles. The van der Waals surface area contributed by atoms with Gasteiger partial charge in [0.15, 0.2) is 0 Å². The van der Waals surface area contributed by atoms with E-state index in [0.717, 1.165) is 25.3 Å². The number of methoxy groups -OCH3 is 1. The SMILES string of the molecule is COC(=O)c1cc(C2CCCC2(C)C)c(O)cc1F. The summed E-state index contributed by atoms with van der Waals surface area (Å²) in [5, 5.41) is 9.97. The molecule has 1 aromatic rings. The van der Waals surface area contributed by atoms with Crippen LogP contribution in [0.1, 0.15) is 54.9 Å². The number of carbonyl (C=O) groups is 1. The molecular formula is C15H19FO3. The number of ether oxygens (including phenoxy) is 1. The van der Waals surface area contributed by atoms with Crippen LogP contribution >= 0.6 is 0 Å². The Balaban J connectivity index is 2.49. The van der Waals surface area contributed by atoms with Crippen LogP contribution in [0.3, 0.4) is 0 Å². The minimum absolute atomic E-state index is 0.0443. The summed E-state index contributed by atoms with van der Waals surface area (Å²) in [7, 11) is 1.22. The number of benzene rings is 1. The van der Waals surface area contributed by atoms with Crippen molar-refractivity contribution in [1.29, 1.82) is 0 Å². The minimum atomic E-state index is -0.746. The highest BCUT2D eigenvalue weighted by molar-refractivity contribution is 5.90. The average Bonchev–Trinajstić information content (AvgIpc) is 2.68. The van der Waals surface area contributed by atoms with E-state index in [4.69, 9.17) is 0 Å². The van der Waals surface area contributed by atoms with Gasteiger partial charge in [0.2, 0.25) is 0 Å². The largest absolute Gasteiger partial charge is 0.508 e. The molecule has 2 rings (SSSR count). The second-order valence-corrected chi connectivity index (χ2v) is 5.82. The monoisotopic (exact) mass is 266 g/mol. The topological polar surface area (TPSA) is 46.5 Å². The molecule has 0 amide bonds. The quantitative estimate of drug-likeness (QED) is 0.832. The summed E-state index contributed by atoms with van der Waals surface area (Å²) in [5.74, 6) is -1.40. The van der Waals surface area contributed by atoms with Crippen LogP contribution in [-0.2, 0) is 4.74 Å². The molecule has 0 spiro atoms. The highest BCUT2D eigenvalue weighted by Crippen LogP contribution is 2.51. The molecule has 1 unspecified atom stereocenters. The van der Waals surface area contributed by atoms with Crippen LogP contribution in [0, 0.1) is 11.2 Å². The molecule has 1 fully saturated rings. The molecule has 1 aliphatic rings. The van der Waals surface area contributed by atoms with Crippen LogP contribution in [0.15, 0.2) is 12.1 Å². The summed E-state index contributed by atoms with van der Waals surface area (Å²) in [5.41, 5.74) is 0.574. The van der Waals surface area contributed by atoms with Crippen molar-refractivity contribution in [3.8, 4) is 5.75 Å². The van der Waals surface area contributed by atoms with Crippen molar-refractivity contribution in [2.45, 2.75) is 39.0 Å². The first kappa shape index (κ1) is 13.8. The fraction of sp³-hybridized carbons (Fsp3) is 0.533. The summed E-state index contributed by atoms with van der Waals surface area (Å²) < 4.78 is 18.3. The van der Waals surface area contributed by atoms with Crippen LogP contribution in [0.25, 0.3) is 0 Å². The highest BCUT2D eigenvalue weighted by Gasteiger charge is 2.37. The molecule has 0 radical (unpaired) electrons. The number of phenols is 1. The molecule has 1 saturated carbocycles. The van der Waals surface area contributed by atoms with Crippen molar-refractivity contribution in [2.75, 3.05) is 7.11 Å². The van der Waals surface area contributed by atoms with Gasteiger partial charge in [0.1, 0.15) is 11.6 Å². The highest BCUT2D eigenvalue weighted by atomic mass is 19.1. The number of halogens is 1. The lowest BCUT2D eigenvalue weighted by Gasteiger charge is -2.28. The van der Waals surface area contributed by atoms with Crippen molar-refractivity contribution in [1.82, 2.24) is 0 Å². The van der Waals surface area contributed by atoms with E-state index in [-0.39, 0.29) is 22.6 Å². The third-order valence-corrected chi connectivity index (χ3v) is 4.15. The molecule has 4 heteroatoms. The van der Waals surface area contributed by atoms with Crippen LogP contribution in [0.4, 0.5) is 4.39 Å². The number of aromatic hydroxyl groups is 1. The maximum atomic E-state index is 13.7. The van der Waals surface area contributed by atoms with Crippen LogP contribution < -0.4 is 0 Å².